The van der Waals surface area contributed by atoms with Crippen LogP contribution in [0.4, 0.5) is 0 Å². The van der Waals surface area contributed by atoms with E-state index >= 15 is 0 Å². The van der Waals surface area contributed by atoms with Crippen LogP contribution in [0.25, 0.3) is 22.5 Å². The molecule has 0 aliphatic heterocycles. The molecule has 0 radical (unpaired) electrons. The zero-order valence-corrected chi connectivity index (χ0v) is 8.20. The average Bonchev–Trinajstić information content (AvgIpc) is 3.03. The molecule has 0 aliphatic rings. The van der Waals surface area contributed by atoms with Crippen LogP contribution in [-0.4, -0.2) is 15.1 Å². The van der Waals surface area contributed by atoms with Crippen molar-refractivity contribution < 1.29 is 8.94 Å². The summed E-state index contributed by atoms with van der Waals surface area (Å²) in [7, 11) is 0. The molecule has 0 N–H and O–H groups in total. The summed E-state index contributed by atoms with van der Waals surface area (Å²) in [6.45, 7) is 0. The van der Waals surface area contributed by atoms with E-state index in [1.165, 1.54) is 6.39 Å². The number of hydrogen-bond acceptors (Lipinski definition) is 5. The maximum absolute atomic E-state index is 5.02. The Morgan fingerprint density at radius 2 is 2.00 bits per heavy atom. The SMILES string of the molecule is c1cc(-c2cncc(-c3ncon3)c2)co1. The zero-order chi connectivity index (χ0) is 10.8. The van der Waals surface area contributed by atoms with Crippen LogP contribution in [0.2, 0.25) is 0 Å². The lowest BCUT2D eigenvalue weighted by Gasteiger charge is -1.98. The van der Waals surface area contributed by atoms with Gasteiger partial charge in [0.2, 0.25) is 12.2 Å². The summed E-state index contributed by atoms with van der Waals surface area (Å²) < 4.78 is 9.71. The topological polar surface area (TPSA) is 65.0 Å². The normalized spacial score (nSPS) is 10.5. The fourth-order valence-electron chi connectivity index (χ4n) is 1.45. The van der Waals surface area contributed by atoms with Gasteiger partial charge in [0.1, 0.15) is 0 Å². The first-order chi connectivity index (χ1) is 7.93. The van der Waals surface area contributed by atoms with Crippen molar-refractivity contribution in [2.45, 2.75) is 0 Å². The average molecular weight is 213 g/mol. The Balaban J connectivity index is 2.07. The first kappa shape index (κ1) is 8.84. The monoisotopic (exact) mass is 213 g/mol. The molecule has 3 rings (SSSR count). The summed E-state index contributed by atoms with van der Waals surface area (Å²) >= 11 is 0. The molecule has 0 spiro atoms. The van der Waals surface area contributed by atoms with Gasteiger partial charge < -0.3 is 8.94 Å². The van der Waals surface area contributed by atoms with Gasteiger partial charge in [0, 0.05) is 29.1 Å². The van der Waals surface area contributed by atoms with Gasteiger partial charge in [-0.2, -0.15) is 4.98 Å². The third-order valence-corrected chi connectivity index (χ3v) is 2.21. The van der Waals surface area contributed by atoms with Crippen molar-refractivity contribution >= 4 is 0 Å². The van der Waals surface area contributed by atoms with Crippen LogP contribution in [-0.2, 0) is 0 Å². The van der Waals surface area contributed by atoms with Gasteiger partial charge >= 0.3 is 0 Å². The van der Waals surface area contributed by atoms with Crippen molar-refractivity contribution in [3.05, 3.63) is 43.4 Å². The molecular weight excluding hydrogens is 206 g/mol. The summed E-state index contributed by atoms with van der Waals surface area (Å²) in [5.41, 5.74) is 2.74. The van der Waals surface area contributed by atoms with Crippen molar-refractivity contribution in [1.82, 2.24) is 15.1 Å². The Labute approximate surface area is 90.7 Å². The minimum absolute atomic E-state index is 0.526. The van der Waals surface area contributed by atoms with E-state index in [1.54, 1.807) is 24.9 Å². The Morgan fingerprint density at radius 3 is 2.75 bits per heavy atom. The second kappa shape index (κ2) is 3.62. The van der Waals surface area contributed by atoms with Gasteiger partial charge in [-0.05, 0) is 12.1 Å². The molecule has 78 valence electrons. The van der Waals surface area contributed by atoms with E-state index in [0.29, 0.717) is 5.82 Å². The summed E-state index contributed by atoms with van der Waals surface area (Å²) in [5.74, 6) is 0.526. The van der Waals surface area contributed by atoms with E-state index in [4.69, 9.17) is 8.94 Å². The Bertz CT molecular complexity index is 524. The van der Waals surface area contributed by atoms with Gasteiger partial charge in [0.25, 0.3) is 0 Å². The van der Waals surface area contributed by atoms with E-state index < -0.39 is 0 Å². The summed E-state index contributed by atoms with van der Waals surface area (Å²) in [5, 5.41) is 3.76. The quantitative estimate of drug-likeness (QED) is 0.653. The van der Waals surface area contributed by atoms with Gasteiger partial charge in [-0.25, -0.2) is 0 Å². The predicted molar refractivity (Wildman–Crippen MR) is 55.2 cm³/mol. The summed E-state index contributed by atoms with van der Waals surface area (Å²) in [6, 6.07) is 3.81. The first-order valence-electron chi connectivity index (χ1n) is 4.68. The van der Waals surface area contributed by atoms with Crippen molar-refractivity contribution in [1.29, 1.82) is 0 Å². The van der Waals surface area contributed by atoms with Crippen molar-refractivity contribution in [3.8, 4) is 22.5 Å². The van der Waals surface area contributed by atoms with Gasteiger partial charge in [-0.3, -0.25) is 4.98 Å². The molecule has 0 atom stereocenters. The largest absolute Gasteiger partial charge is 0.472 e. The number of pyridine rings is 1. The van der Waals surface area contributed by atoms with Gasteiger partial charge in [-0.1, -0.05) is 5.16 Å². The molecule has 3 aromatic heterocycles. The third-order valence-electron chi connectivity index (χ3n) is 2.21. The molecule has 16 heavy (non-hydrogen) atoms. The van der Waals surface area contributed by atoms with E-state index in [0.717, 1.165) is 16.7 Å². The lowest BCUT2D eigenvalue weighted by molar-refractivity contribution is 0.418. The van der Waals surface area contributed by atoms with Gasteiger partial charge in [0.05, 0.1) is 12.5 Å². The highest BCUT2D eigenvalue weighted by molar-refractivity contribution is 5.67. The molecule has 0 bridgehead atoms. The first-order valence-corrected chi connectivity index (χ1v) is 4.68. The van der Waals surface area contributed by atoms with Crippen molar-refractivity contribution in [3.63, 3.8) is 0 Å². The molecule has 0 aliphatic carbocycles. The number of hydrogen-bond donors (Lipinski definition) is 0. The Kier molecular flexibility index (Phi) is 2.00. The number of furan rings is 1. The van der Waals surface area contributed by atoms with E-state index in [1.807, 2.05) is 12.1 Å². The lowest BCUT2D eigenvalue weighted by atomic mass is 10.1. The smallest absolute Gasteiger partial charge is 0.214 e. The minimum Gasteiger partial charge on any atom is -0.472 e. The maximum Gasteiger partial charge on any atom is 0.214 e. The summed E-state index contributed by atoms with van der Waals surface area (Å²) in [4.78, 5) is 8.10. The molecule has 0 aromatic carbocycles. The van der Waals surface area contributed by atoms with Crippen LogP contribution < -0.4 is 0 Å². The predicted octanol–water partition coefficient (Wildman–Crippen LogP) is 2.39. The number of aromatic nitrogens is 3. The second-order valence-corrected chi connectivity index (χ2v) is 3.23. The Hall–Kier alpha value is -2.43. The van der Waals surface area contributed by atoms with Crippen LogP contribution in [0.1, 0.15) is 0 Å². The zero-order valence-electron chi connectivity index (χ0n) is 8.20. The molecule has 0 amide bonds. The van der Waals surface area contributed by atoms with Crippen LogP contribution in [0.15, 0.2) is 52.4 Å². The molecule has 0 fully saturated rings. The fraction of sp³-hybridized carbons (Fsp3) is 0. The van der Waals surface area contributed by atoms with Crippen molar-refractivity contribution in [2.24, 2.45) is 0 Å². The molecular formula is C11H7N3O2. The minimum atomic E-state index is 0.526. The highest BCUT2D eigenvalue weighted by atomic mass is 16.5. The van der Waals surface area contributed by atoms with Crippen LogP contribution >= 0.6 is 0 Å². The van der Waals surface area contributed by atoms with E-state index in [-0.39, 0.29) is 0 Å². The molecule has 0 saturated heterocycles. The van der Waals surface area contributed by atoms with Crippen LogP contribution in [0, 0.1) is 0 Å². The summed E-state index contributed by atoms with van der Waals surface area (Å²) in [6.07, 6.45) is 8.02. The molecule has 5 nitrogen and oxygen atoms in total. The molecule has 3 aromatic rings. The van der Waals surface area contributed by atoms with Crippen molar-refractivity contribution in [2.75, 3.05) is 0 Å². The number of rotatable bonds is 2. The van der Waals surface area contributed by atoms with Gasteiger partial charge in [-0.15, -0.1) is 0 Å². The third kappa shape index (κ3) is 1.48. The van der Waals surface area contributed by atoms with Crippen LogP contribution in [0.5, 0.6) is 0 Å². The lowest BCUT2D eigenvalue weighted by Crippen LogP contribution is -1.84. The molecule has 5 heteroatoms. The van der Waals surface area contributed by atoms with E-state index in [9.17, 15) is 0 Å². The Morgan fingerprint density at radius 1 is 1.06 bits per heavy atom. The molecule has 3 heterocycles. The molecule has 0 unspecified atom stereocenters. The fourth-order valence-corrected chi connectivity index (χ4v) is 1.45. The standard InChI is InChI=1S/C11H7N3O2/c1-2-15-6-8(1)9-3-10(5-12-4-9)11-13-7-16-14-11/h1-7H. The van der Waals surface area contributed by atoms with Crippen LogP contribution in [0.3, 0.4) is 0 Å². The highest BCUT2D eigenvalue weighted by Gasteiger charge is 2.06. The number of nitrogens with zero attached hydrogens (tertiary/aromatic N) is 3. The maximum atomic E-state index is 5.02. The molecule has 0 saturated carbocycles. The highest BCUT2D eigenvalue weighted by Crippen LogP contribution is 2.23. The van der Waals surface area contributed by atoms with E-state index in [2.05, 4.69) is 15.1 Å². The second-order valence-electron chi connectivity index (χ2n) is 3.23. The van der Waals surface area contributed by atoms with Gasteiger partial charge in [0.15, 0.2) is 0 Å².